The van der Waals surface area contributed by atoms with Gasteiger partial charge in [0.05, 0.1) is 0 Å². The van der Waals surface area contributed by atoms with Gasteiger partial charge in [0, 0.05) is 11.3 Å². The SMILES string of the molecule is CC1=CC=CC(OC(N)=O)C1(C)CCl. The third kappa shape index (κ3) is 1.93. The van der Waals surface area contributed by atoms with Crippen LogP contribution in [0.3, 0.4) is 0 Å². The first-order valence-corrected chi connectivity index (χ1v) is 4.92. The van der Waals surface area contributed by atoms with Gasteiger partial charge in [0.15, 0.2) is 0 Å². The van der Waals surface area contributed by atoms with Gasteiger partial charge in [-0.3, -0.25) is 0 Å². The molecule has 0 aromatic rings. The Bertz CT molecular complexity index is 298. The molecule has 14 heavy (non-hydrogen) atoms. The fourth-order valence-electron chi connectivity index (χ4n) is 1.40. The molecule has 0 fully saturated rings. The molecule has 0 saturated heterocycles. The summed E-state index contributed by atoms with van der Waals surface area (Å²) >= 11 is 5.89. The maximum absolute atomic E-state index is 10.7. The average Bonchev–Trinajstić information content (AvgIpc) is 2.12. The topological polar surface area (TPSA) is 52.3 Å². The molecule has 0 heterocycles. The summed E-state index contributed by atoms with van der Waals surface area (Å²) in [5.41, 5.74) is 5.72. The maximum atomic E-state index is 10.7. The predicted octanol–water partition coefficient (Wildman–Crippen LogP) is 2.21. The molecule has 2 N–H and O–H groups in total. The third-order valence-corrected chi connectivity index (χ3v) is 3.24. The Hall–Kier alpha value is -0.960. The summed E-state index contributed by atoms with van der Waals surface area (Å²) in [6, 6.07) is 0. The fourth-order valence-corrected chi connectivity index (χ4v) is 1.77. The number of nitrogens with two attached hydrogens (primary N) is 1. The van der Waals surface area contributed by atoms with Gasteiger partial charge in [0.1, 0.15) is 6.10 Å². The van der Waals surface area contributed by atoms with Crippen LogP contribution in [-0.2, 0) is 4.74 Å². The van der Waals surface area contributed by atoms with Crippen molar-refractivity contribution in [3.63, 3.8) is 0 Å². The van der Waals surface area contributed by atoms with Crippen LogP contribution in [0.15, 0.2) is 23.8 Å². The minimum absolute atomic E-state index is 0.356. The van der Waals surface area contributed by atoms with E-state index >= 15 is 0 Å². The number of alkyl halides is 1. The Labute approximate surface area is 88.6 Å². The summed E-state index contributed by atoms with van der Waals surface area (Å²) in [5.74, 6) is 0.387. The van der Waals surface area contributed by atoms with Crippen LogP contribution in [0, 0.1) is 5.41 Å². The van der Waals surface area contributed by atoms with E-state index in [0.29, 0.717) is 5.88 Å². The van der Waals surface area contributed by atoms with Crippen molar-refractivity contribution in [2.45, 2.75) is 20.0 Å². The number of hydrogen-bond acceptors (Lipinski definition) is 2. The highest BCUT2D eigenvalue weighted by atomic mass is 35.5. The van der Waals surface area contributed by atoms with Gasteiger partial charge in [-0.2, -0.15) is 0 Å². The number of halogens is 1. The number of carbonyl (C=O) groups is 1. The monoisotopic (exact) mass is 215 g/mol. The molecule has 0 aromatic heterocycles. The highest BCUT2D eigenvalue weighted by Crippen LogP contribution is 2.37. The number of hydrogen-bond donors (Lipinski definition) is 1. The summed E-state index contributed by atoms with van der Waals surface area (Å²) in [4.78, 5) is 10.7. The number of carbonyl (C=O) groups excluding carboxylic acids is 1. The number of amides is 1. The second-order valence-electron chi connectivity index (χ2n) is 3.64. The van der Waals surface area contributed by atoms with Crippen molar-refractivity contribution in [1.82, 2.24) is 0 Å². The summed E-state index contributed by atoms with van der Waals surface area (Å²) in [6.45, 7) is 3.91. The molecule has 1 aliphatic carbocycles. The zero-order valence-corrected chi connectivity index (χ0v) is 9.04. The van der Waals surface area contributed by atoms with E-state index in [9.17, 15) is 4.79 Å². The Kier molecular flexibility index (Phi) is 3.21. The van der Waals surface area contributed by atoms with Crippen LogP contribution in [0.2, 0.25) is 0 Å². The van der Waals surface area contributed by atoms with Crippen LogP contribution < -0.4 is 5.73 Å². The molecule has 2 unspecified atom stereocenters. The molecule has 1 aliphatic rings. The van der Waals surface area contributed by atoms with Gasteiger partial charge in [0.25, 0.3) is 0 Å². The molecule has 1 amide bonds. The molecule has 0 spiro atoms. The van der Waals surface area contributed by atoms with E-state index in [1.54, 1.807) is 6.08 Å². The lowest BCUT2D eigenvalue weighted by Crippen LogP contribution is -2.40. The van der Waals surface area contributed by atoms with E-state index in [1.807, 2.05) is 26.0 Å². The lowest BCUT2D eigenvalue weighted by Gasteiger charge is -2.36. The number of ether oxygens (including phenoxy) is 1. The van der Waals surface area contributed by atoms with Crippen LogP contribution in [0.4, 0.5) is 4.79 Å². The van der Waals surface area contributed by atoms with Crippen LogP contribution >= 0.6 is 11.6 Å². The van der Waals surface area contributed by atoms with E-state index in [1.165, 1.54) is 0 Å². The smallest absolute Gasteiger partial charge is 0.405 e. The summed E-state index contributed by atoms with van der Waals surface area (Å²) in [6.07, 6.45) is 4.45. The first-order chi connectivity index (χ1) is 6.50. The largest absolute Gasteiger partial charge is 0.441 e. The Balaban J connectivity index is 2.90. The minimum atomic E-state index is -0.773. The number of primary amides is 1. The van der Waals surface area contributed by atoms with Gasteiger partial charge >= 0.3 is 6.09 Å². The van der Waals surface area contributed by atoms with Crippen molar-refractivity contribution in [3.05, 3.63) is 23.8 Å². The zero-order valence-electron chi connectivity index (χ0n) is 8.29. The molecule has 0 aliphatic heterocycles. The molecule has 0 bridgehead atoms. The highest BCUT2D eigenvalue weighted by Gasteiger charge is 2.37. The molecule has 2 atom stereocenters. The van der Waals surface area contributed by atoms with Crippen LogP contribution in [0.1, 0.15) is 13.8 Å². The minimum Gasteiger partial charge on any atom is -0.441 e. The molecular weight excluding hydrogens is 202 g/mol. The molecular formula is C10H14ClNO2. The van der Waals surface area contributed by atoms with Crippen molar-refractivity contribution >= 4 is 17.7 Å². The Morgan fingerprint density at radius 1 is 1.79 bits per heavy atom. The third-order valence-electron chi connectivity index (χ3n) is 2.68. The van der Waals surface area contributed by atoms with Crippen LogP contribution in [0.5, 0.6) is 0 Å². The lowest BCUT2D eigenvalue weighted by molar-refractivity contribution is 0.0762. The van der Waals surface area contributed by atoms with Gasteiger partial charge in [-0.1, -0.05) is 24.6 Å². The molecule has 0 radical (unpaired) electrons. The fraction of sp³-hybridized carbons (Fsp3) is 0.500. The normalized spacial score (nSPS) is 31.1. The summed E-state index contributed by atoms with van der Waals surface area (Å²) in [7, 11) is 0. The first-order valence-electron chi connectivity index (χ1n) is 4.38. The molecule has 78 valence electrons. The second kappa shape index (κ2) is 4.05. The predicted molar refractivity (Wildman–Crippen MR) is 56.2 cm³/mol. The van der Waals surface area contributed by atoms with Gasteiger partial charge in [0.2, 0.25) is 0 Å². The van der Waals surface area contributed by atoms with Gasteiger partial charge < -0.3 is 10.5 Å². The number of rotatable bonds is 2. The molecule has 0 aromatic carbocycles. The van der Waals surface area contributed by atoms with E-state index in [0.717, 1.165) is 5.57 Å². The molecule has 3 nitrogen and oxygen atoms in total. The van der Waals surface area contributed by atoms with Gasteiger partial charge in [-0.25, -0.2) is 4.79 Å². The van der Waals surface area contributed by atoms with Crippen LogP contribution in [0.25, 0.3) is 0 Å². The van der Waals surface area contributed by atoms with Gasteiger partial charge in [-0.05, 0) is 13.0 Å². The highest BCUT2D eigenvalue weighted by molar-refractivity contribution is 6.18. The Morgan fingerprint density at radius 3 is 2.93 bits per heavy atom. The van der Waals surface area contributed by atoms with Crippen molar-refractivity contribution in [3.8, 4) is 0 Å². The lowest BCUT2D eigenvalue weighted by atomic mass is 9.76. The van der Waals surface area contributed by atoms with E-state index in [4.69, 9.17) is 22.1 Å². The van der Waals surface area contributed by atoms with E-state index in [-0.39, 0.29) is 11.5 Å². The van der Waals surface area contributed by atoms with Crippen molar-refractivity contribution < 1.29 is 9.53 Å². The second-order valence-corrected chi connectivity index (χ2v) is 3.91. The van der Waals surface area contributed by atoms with E-state index < -0.39 is 6.09 Å². The van der Waals surface area contributed by atoms with Crippen molar-refractivity contribution in [1.29, 1.82) is 0 Å². The van der Waals surface area contributed by atoms with Crippen LogP contribution in [-0.4, -0.2) is 18.1 Å². The summed E-state index contributed by atoms with van der Waals surface area (Å²) < 4.78 is 4.99. The first kappa shape index (κ1) is 11.1. The average molecular weight is 216 g/mol. The molecule has 0 saturated carbocycles. The molecule has 4 heteroatoms. The quantitative estimate of drug-likeness (QED) is 0.718. The number of allylic oxidation sites excluding steroid dienone is 2. The Morgan fingerprint density at radius 2 is 2.43 bits per heavy atom. The van der Waals surface area contributed by atoms with E-state index in [2.05, 4.69) is 0 Å². The van der Waals surface area contributed by atoms with Crippen molar-refractivity contribution in [2.75, 3.05) is 5.88 Å². The van der Waals surface area contributed by atoms with Gasteiger partial charge in [-0.15, -0.1) is 11.6 Å². The van der Waals surface area contributed by atoms with Crippen molar-refractivity contribution in [2.24, 2.45) is 11.1 Å². The zero-order chi connectivity index (χ0) is 10.8. The standard InChI is InChI=1S/C10H14ClNO2/c1-7-4-3-5-8(14-9(12)13)10(7,2)6-11/h3-5,8H,6H2,1-2H3,(H2,12,13). The maximum Gasteiger partial charge on any atom is 0.405 e. The molecule has 1 rings (SSSR count). The summed E-state index contributed by atoms with van der Waals surface area (Å²) in [5, 5.41) is 0.